The van der Waals surface area contributed by atoms with Gasteiger partial charge in [0.05, 0.1) is 11.2 Å². The lowest BCUT2D eigenvalue weighted by Crippen LogP contribution is -1.96. The highest BCUT2D eigenvalue weighted by molar-refractivity contribution is 7.71. The molecule has 0 unspecified atom stereocenters. The van der Waals surface area contributed by atoms with Gasteiger partial charge in [0.25, 0.3) is 0 Å². The van der Waals surface area contributed by atoms with E-state index < -0.39 is 0 Å². The second-order valence-electron chi connectivity index (χ2n) is 3.79. The molecule has 0 radical (unpaired) electrons. The van der Waals surface area contributed by atoms with Crippen LogP contribution in [-0.4, -0.2) is 21.1 Å². The summed E-state index contributed by atoms with van der Waals surface area (Å²) in [5.74, 6) is 0.769. The molecule has 0 saturated heterocycles. The molecule has 2 aromatic rings. The summed E-state index contributed by atoms with van der Waals surface area (Å²) in [7, 11) is 0. The van der Waals surface area contributed by atoms with Crippen LogP contribution in [0, 0.1) is 4.77 Å². The molecule has 0 amide bonds. The molecule has 4 nitrogen and oxygen atoms in total. The third kappa shape index (κ3) is 3.62. The average molecular weight is 293 g/mol. The Balaban J connectivity index is 2.21. The van der Waals surface area contributed by atoms with Gasteiger partial charge in [-0.05, 0) is 23.9 Å². The Morgan fingerprint density at radius 2 is 2.21 bits per heavy atom. The van der Waals surface area contributed by atoms with Gasteiger partial charge in [0.15, 0.2) is 5.82 Å². The number of nitrogens with one attached hydrogen (secondary N) is 1. The fourth-order valence-corrected chi connectivity index (χ4v) is 1.90. The molecule has 0 aliphatic carbocycles. The fraction of sp³-hybridized carbons (Fsp3) is 0.154. The summed E-state index contributed by atoms with van der Waals surface area (Å²) in [4.78, 5) is 0. The zero-order valence-corrected chi connectivity index (χ0v) is 11.9. The van der Waals surface area contributed by atoms with Gasteiger partial charge in [-0.15, -0.1) is 0 Å². The molecule has 1 aromatic heterocycles. The Bertz CT molecular complexity index is 655. The van der Waals surface area contributed by atoms with Crippen molar-refractivity contribution in [3.8, 4) is 0 Å². The van der Waals surface area contributed by atoms with Crippen LogP contribution in [0.2, 0.25) is 0 Å². The van der Waals surface area contributed by atoms with Crippen LogP contribution < -0.4 is 0 Å². The summed E-state index contributed by atoms with van der Waals surface area (Å²) in [5, 5.41) is 11.5. The van der Waals surface area contributed by atoms with E-state index in [1.54, 1.807) is 10.9 Å². The van der Waals surface area contributed by atoms with Crippen LogP contribution in [0.15, 0.2) is 40.5 Å². The molecule has 2 rings (SSSR count). The molecule has 0 spiro atoms. The van der Waals surface area contributed by atoms with Gasteiger partial charge in [0.1, 0.15) is 0 Å². The minimum absolute atomic E-state index is 0.456. The molecule has 19 heavy (non-hydrogen) atoms. The monoisotopic (exact) mass is 292 g/mol. The van der Waals surface area contributed by atoms with Gasteiger partial charge in [-0.25, -0.2) is 0 Å². The second-order valence-corrected chi connectivity index (χ2v) is 4.62. The third-order valence-corrected chi connectivity index (χ3v) is 2.91. The molecule has 0 atom stereocenters. The molecule has 1 N–H and O–H groups in total. The highest BCUT2D eigenvalue weighted by atomic mass is 35.5. The number of rotatable bonds is 4. The number of allylic oxidation sites excluding steroid dienone is 1. The first kappa shape index (κ1) is 13.7. The standard InChI is InChI=1S/C13H13ClN4S/c1-2-12-16-17-13(19)18(12)15-9-11(14)8-10-6-4-3-5-7-10/h3-9H,2H2,1H3,(H,17,19)/b11-8-,15-9-. The lowest BCUT2D eigenvalue weighted by molar-refractivity contribution is 0.780. The molecule has 0 aliphatic heterocycles. The number of benzene rings is 1. The van der Waals surface area contributed by atoms with Gasteiger partial charge in [-0.3, -0.25) is 5.10 Å². The summed E-state index contributed by atoms with van der Waals surface area (Å²) >= 11 is 11.2. The first-order chi connectivity index (χ1) is 9.20. The van der Waals surface area contributed by atoms with Crippen molar-refractivity contribution in [2.45, 2.75) is 13.3 Å². The van der Waals surface area contributed by atoms with Crippen LogP contribution in [0.3, 0.4) is 0 Å². The van der Waals surface area contributed by atoms with Crippen LogP contribution in [0.4, 0.5) is 0 Å². The van der Waals surface area contributed by atoms with E-state index in [4.69, 9.17) is 23.8 Å². The first-order valence-corrected chi connectivity index (χ1v) is 6.62. The van der Waals surface area contributed by atoms with Crippen molar-refractivity contribution in [1.82, 2.24) is 14.9 Å². The van der Waals surface area contributed by atoms with Crippen LogP contribution in [-0.2, 0) is 6.42 Å². The molecule has 0 bridgehead atoms. The van der Waals surface area contributed by atoms with E-state index >= 15 is 0 Å². The SMILES string of the molecule is CCc1n[nH]c(=S)n1/N=C\C(Cl)=C\c1ccccc1. The molecule has 1 aromatic carbocycles. The van der Waals surface area contributed by atoms with E-state index in [9.17, 15) is 0 Å². The Hall–Kier alpha value is -1.72. The quantitative estimate of drug-likeness (QED) is 0.691. The van der Waals surface area contributed by atoms with Crippen molar-refractivity contribution >= 4 is 36.1 Å². The van der Waals surface area contributed by atoms with Crippen molar-refractivity contribution in [3.63, 3.8) is 0 Å². The van der Waals surface area contributed by atoms with Gasteiger partial charge in [0, 0.05) is 6.42 Å². The summed E-state index contributed by atoms with van der Waals surface area (Å²) < 4.78 is 2.02. The van der Waals surface area contributed by atoms with Crippen LogP contribution in [0.5, 0.6) is 0 Å². The summed E-state index contributed by atoms with van der Waals surface area (Å²) in [6, 6.07) is 9.80. The number of aryl methyl sites for hydroxylation is 1. The largest absolute Gasteiger partial charge is 0.250 e. The normalized spacial score (nSPS) is 12.2. The topological polar surface area (TPSA) is 46.0 Å². The van der Waals surface area contributed by atoms with Crippen LogP contribution >= 0.6 is 23.8 Å². The number of nitrogens with zero attached hydrogens (tertiary/aromatic N) is 3. The molecule has 0 saturated carbocycles. The van der Waals surface area contributed by atoms with Crippen LogP contribution in [0.1, 0.15) is 18.3 Å². The highest BCUT2D eigenvalue weighted by Gasteiger charge is 2.01. The second kappa shape index (κ2) is 6.45. The first-order valence-electron chi connectivity index (χ1n) is 5.83. The minimum atomic E-state index is 0.456. The van der Waals surface area contributed by atoms with E-state index in [0.717, 1.165) is 17.8 Å². The van der Waals surface area contributed by atoms with Crippen molar-refractivity contribution in [3.05, 3.63) is 51.5 Å². The molecule has 0 aliphatic rings. The minimum Gasteiger partial charge on any atom is -0.250 e. The van der Waals surface area contributed by atoms with Crippen LogP contribution in [0.25, 0.3) is 6.08 Å². The predicted molar refractivity (Wildman–Crippen MR) is 81.0 cm³/mol. The lowest BCUT2D eigenvalue weighted by atomic mass is 10.2. The zero-order valence-electron chi connectivity index (χ0n) is 10.4. The van der Waals surface area contributed by atoms with E-state index in [1.165, 1.54) is 0 Å². The Kier molecular flexibility index (Phi) is 4.65. The van der Waals surface area contributed by atoms with Crippen molar-refractivity contribution in [2.24, 2.45) is 5.10 Å². The average Bonchev–Trinajstić information content (AvgIpc) is 2.78. The number of halogens is 1. The van der Waals surface area contributed by atoms with E-state index in [0.29, 0.717) is 9.80 Å². The third-order valence-electron chi connectivity index (χ3n) is 2.43. The summed E-state index contributed by atoms with van der Waals surface area (Å²) in [5.41, 5.74) is 1.02. The molecule has 0 fully saturated rings. The highest BCUT2D eigenvalue weighted by Crippen LogP contribution is 2.08. The number of aromatic amines is 1. The van der Waals surface area contributed by atoms with E-state index in [1.807, 2.05) is 43.3 Å². The fourth-order valence-electron chi connectivity index (χ4n) is 1.53. The summed E-state index contributed by atoms with van der Waals surface area (Å²) in [6.07, 6.45) is 4.13. The van der Waals surface area contributed by atoms with Crippen molar-refractivity contribution in [2.75, 3.05) is 0 Å². The van der Waals surface area contributed by atoms with Crippen molar-refractivity contribution in [1.29, 1.82) is 0 Å². The number of H-pyrrole nitrogens is 1. The Morgan fingerprint density at radius 3 is 2.89 bits per heavy atom. The molecule has 1 heterocycles. The predicted octanol–water partition coefficient (Wildman–Crippen LogP) is 3.62. The molecular formula is C13H13ClN4S. The maximum Gasteiger partial charge on any atom is 0.216 e. The molecular weight excluding hydrogens is 280 g/mol. The van der Waals surface area contributed by atoms with Gasteiger partial charge >= 0.3 is 0 Å². The molecule has 6 heteroatoms. The lowest BCUT2D eigenvalue weighted by Gasteiger charge is -1.96. The van der Waals surface area contributed by atoms with Gasteiger partial charge in [0.2, 0.25) is 4.77 Å². The maximum atomic E-state index is 6.11. The van der Waals surface area contributed by atoms with E-state index in [-0.39, 0.29) is 0 Å². The number of hydrogen-bond donors (Lipinski definition) is 1. The maximum absolute atomic E-state index is 6.11. The van der Waals surface area contributed by atoms with Gasteiger partial charge in [-0.1, -0.05) is 48.9 Å². The Morgan fingerprint density at radius 1 is 1.47 bits per heavy atom. The van der Waals surface area contributed by atoms with Crippen molar-refractivity contribution < 1.29 is 0 Å². The number of aromatic nitrogens is 3. The Labute approximate surface area is 121 Å². The number of hydrogen-bond acceptors (Lipinski definition) is 3. The molecule has 98 valence electrons. The van der Waals surface area contributed by atoms with Gasteiger partial charge < -0.3 is 0 Å². The zero-order chi connectivity index (χ0) is 13.7. The smallest absolute Gasteiger partial charge is 0.216 e. The van der Waals surface area contributed by atoms with Gasteiger partial charge in [-0.2, -0.15) is 14.9 Å². The van der Waals surface area contributed by atoms with E-state index in [2.05, 4.69) is 15.3 Å². The summed E-state index contributed by atoms with van der Waals surface area (Å²) in [6.45, 7) is 1.98.